The van der Waals surface area contributed by atoms with Crippen molar-refractivity contribution in [2.45, 2.75) is 51.7 Å². The molecule has 0 rings (SSSR count). The lowest BCUT2D eigenvalue weighted by Crippen LogP contribution is -2.48. The number of aliphatic hydroxyl groups is 1. The molecule has 100 valence electrons. The van der Waals surface area contributed by atoms with Crippen LogP contribution in [0.1, 0.15) is 40.5 Å². The van der Waals surface area contributed by atoms with E-state index in [1.807, 2.05) is 27.7 Å². The van der Waals surface area contributed by atoms with E-state index in [4.69, 9.17) is 17.3 Å². The Kier molecular flexibility index (Phi) is 6.56. The fraction of sp³-hybridized carbons (Fsp3) is 0.909. The van der Waals surface area contributed by atoms with Gasteiger partial charge in [0.1, 0.15) is 5.66 Å². The van der Waals surface area contributed by atoms with Crippen molar-refractivity contribution in [1.29, 1.82) is 0 Å². The molecular formula is C11H24N4OS. The van der Waals surface area contributed by atoms with Crippen molar-refractivity contribution in [3.8, 4) is 0 Å². The van der Waals surface area contributed by atoms with Crippen LogP contribution in [0.2, 0.25) is 0 Å². The summed E-state index contributed by atoms with van der Waals surface area (Å²) < 4.78 is 0. The molecule has 0 saturated heterocycles. The summed E-state index contributed by atoms with van der Waals surface area (Å²) >= 11 is 5.08. The van der Waals surface area contributed by atoms with Crippen molar-refractivity contribution in [3.63, 3.8) is 0 Å². The lowest BCUT2D eigenvalue weighted by Gasteiger charge is -2.27. The summed E-state index contributed by atoms with van der Waals surface area (Å²) in [6.45, 7) is 8.01. The van der Waals surface area contributed by atoms with E-state index in [1.165, 1.54) is 0 Å². The molecule has 0 spiro atoms. The van der Waals surface area contributed by atoms with E-state index in [2.05, 4.69) is 20.9 Å². The van der Waals surface area contributed by atoms with Gasteiger partial charge >= 0.3 is 0 Å². The smallest absolute Gasteiger partial charge is 0.167 e. The largest absolute Gasteiger partial charge is 0.396 e. The number of nitrogens with one attached hydrogen (secondary N) is 2. The molecule has 1 atom stereocenters. The van der Waals surface area contributed by atoms with Crippen LogP contribution in [0.3, 0.4) is 0 Å². The van der Waals surface area contributed by atoms with E-state index in [0.29, 0.717) is 18.0 Å². The van der Waals surface area contributed by atoms with Crippen molar-refractivity contribution >= 4 is 17.3 Å². The van der Waals surface area contributed by atoms with E-state index < -0.39 is 5.66 Å². The fourth-order valence-corrected chi connectivity index (χ4v) is 1.35. The van der Waals surface area contributed by atoms with Gasteiger partial charge in [-0.25, -0.2) is 0 Å². The van der Waals surface area contributed by atoms with Crippen LogP contribution in [0.15, 0.2) is 10.2 Å². The quantitative estimate of drug-likeness (QED) is 0.521. The highest BCUT2D eigenvalue weighted by molar-refractivity contribution is 7.80. The third-order valence-corrected chi connectivity index (χ3v) is 2.31. The second-order valence-corrected chi connectivity index (χ2v) is 5.58. The Hall–Kier alpha value is -0.750. The first-order chi connectivity index (χ1) is 7.72. The van der Waals surface area contributed by atoms with Gasteiger partial charge in [0.05, 0.1) is 5.54 Å². The summed E-state index contributed by atoms with van der Waals surface area (Å²) in [7, 11) is 1.75. The molecule has 17 heavy (non-hydrogen) atoms. The molecule has 0 aromatic rings. The Labute approximate surface area is 109 Å². The predicted octanol–water partition coefficient (Wildman–Crippen LogP) is 1.82. The third-order valence-electron chi connectivity index (χ3n) is 2.00. The Balaban J connectivity index is 4.71. The Morgan fingerprint density at radius 2 is 1.82 bits per heavy atom. The average Bonchev–Trinajstić information content (AvgIpc) is 2.23. The molecule has 1 unspecified atom stereocenters. The monoisotopic (exact) mass is 260 g/mol. The van der Waals surface area contributed by atoms with Gasteiger partial charge in [0, 0.05) is 13.7 Å². The molecule has 0 amide bonds. The van der Waals surface area contributed by atoms with Gasteiger partial charge in [0.15, 0.2) is 5.11 Å². The number of aliphatic hydroxyl groups excluding tert-OH is 1. The average molecular weight is 260 g/mol. The zero-order valence-corrected chi connectivity index (χ0v) is 12.2. The van der Waals surface area contributed by atoms with E-state index in [9.17, 15) is 0 Å². The molecule has 6 heteroatoms. The van der Waals surface area contributed by atoms with Crippen molar-refractivity contribution in [1.82, 2.24) is 10.6 Å². The molecule has 0 radical (unpaired) electrons. The number of thiocarbonyl (C=S) groups is 1. The minimum Gasteiger partial charge on any atom is -0.396 e. The first kappa shape index (κ1) is 16.2. The topological polar surface area (TPSA) is 69.0 Å². The predicted molar refractivity (Wildman–Crippen MR) is 74.1 cm³/mol. The molecule has 0 heterocycles. The summed E-state index contributed by atoms with van der Waals surface area (Å²) in [4.78, 5) is 0. The van der Waals surface area contributed by atoms with Crippen LogP contribution in [0.5, 0.6) is 0 Å². The molecule has 0 aliphatic carbocycles. The second kappa shape index (κ2) is 6.86. The lowest BCUT2D eigenvalue weighted by molar-refractivity contribution is 0.255. The Morgan fingerprint density at radius 1 is 1.24 bits per heavy atom. The first-order valence-corrected chi connectivity index (χ1v) is 6.18. The number of rotatable bonds is 5. The van der Waals surface area contributed by atoms with Gasteiger partial charge in [-0.15, -0.1) is 0 Å². The normalized spacial score (nSPS) is 15.6. The fourth-order valence-electron chi connectivity index (χ4n) is 1.13. The highest BCUT2D eigenvalue weighted by atomic mass is 32.1. The summed E-state index contributed by atoms with van der Waals surface area (Å²) in [5, 5.41) is 24.0. The van der Waals surface area contributed by atoms with Gasteiger partial charge in [0.25, 0.3) is 0 Å². The van der Waals surface area contributed by atoms with Gasteiger partial charge in [-0.2, -0.15) is 10.2 Å². The molecule has 0 aliphatic heterocycles. The third kappa shape index (κ3) is 8.04. The lowest BCUT2D eigenvalue weighted by atomic mass is 10.1. The molecule has 0 bridgehead atoms. The summed E-state index contributed by atoms with van der Waals surface area (Å²) in [5.74, 6) is 0. The van der Waals surface area contributed by atoms with Gasteiger partial charge in [-0.1, -0.05) is 0 Å². The van der Waals surface area contributed by atoms with Crippen LogP contribution in [0.4, 0.5) is 0 Å². The van der Waals surface area contributed by atoms with Gasteiger partial charge < -0.3 is 15.7 Å². The molecule has 0 aromatic carbocycles. The van der Waals surface area contributed by atoms with Crippen LogP contribution in [0, 0.1) is 0 Å². The van der Waals surface area contributed by atoms with Crippen LogP contribution < -0.4 is 10.6 Å². The van der Waals surface area contributed by atoms with Gasteiger partial charge in [-0.3, -0.25) is 0 Å². The maximum atomic E-state index is 8.90. The van der Waals surface area contributed by atoms with Crippen molar-refractivity contribution in [2.75, 3.05) is 13.7 Å². The molecule has 0 fully saturated rings. The van der Waals surface area contributed by atoms with Crippen LogP contribution in [-0.2, 0) is 0 Å². The molecule has 0 aromatic heterocycles. The first-order valence-electron chi connectivity index (χ1n) is 5.77. The maximum Gasteiger partial charge on any atom is 0.167 e. The summed E-state index contributed by atoms with van der Waals surface area (Å²) in [5.41, 5.74) is -0.792. The molecule has 5 nitrogen and oxygen atoms in total. The molecule has 3 N–H and O–H groups in total. The Bertz CT molecular complexity index is 275. The van der Waals surface area contributed by atoms with Gasteiger partial charge in [-0.05, 0) is 52.8 Å². The molecule has 0 aliphatic rings. The SMILES string of the molecule is CNC(=S)NC(C)(CCCO)N=NC(C)(C)C. The maximum absolute atomic E-state index is 8.90. The van der Waals surface area contributed by atoms with Crippen molar-refractivity contribution < 1.29 is 5.11 Å². The van der Waals surface area contributed by atoms with Crippen LogP contribution >= 0.6 is 12.2 Å². The number of hydrogen-bond donors (Lipinski definition) is 3. The number of hydrogen-bond acceptors (Lipinski definition) is 4. The van der Waals surface area contributed by atoms with E-state index >= 15 is 0 Å². The van der Waals surface area contributed by atoms with Crippen LogP contribution in [0.25, 0.3) is 0 Å². The second-order valence-electron chi connectivity index (χ2n) is 5.18. The number of azo groups is 1. The van der Waals surface area contributed by atoms with Crippen LogP contribution in [-0.4, -0.2) is 35.1 Å². The molecular weight excluding hydrogens is 236 g/mol. The highest BCUT2D eigenvalue weighted by Crippen LogP contribution is 2.18. The van der Waals surface area contributed by atoms with Crippen molar-refractivity contribution in [2.24, 2.45) is 10.2 Å². The zero-order valence-electron chi connectivity index (χ0n) is 11.4. The summed E-state index contributed by atoms with van der Waals surface area (Å²) in [6, 6.07) is 0. The van der Waals surface area contributed by atoms with E-state index in [1.54, 1.807) is 7.05 Å². The number of nitrogens with zero attached hydrogens (tertiary/aromatic N) is 2. The molecule has 0 saturated carbocycles. The van der Waals surface area contributed by atoms with Gasteiger partial charge in [0.2, 0.25) is 0 Å². The minimum atomic E-state index is -0.573. The zero-order chi connectivity index (χ0) is 13.5. The van der Waals surface area contributed by atoms with Crippen molar-refractivity contribution in [3.05, 3.63) is 0 Å². The van der Waals surface area contributed by atoms with E-state index in [-0.39, 0.29) is 12.1 Å². The highest BCUT2D eigenvalue weighted by Gasteiger charge is 2.24. The Morgan fingerprint density at radius 3 is 2.24 bits per heavy atom. The summed E-state index contributed by atoms with van der Waals surface area (Å²) in [6.07, 6.45) is 1.32. The standard InChI is InChI=1S/C11H24N4OS/c1-10(2,3)14-15-11(4,7-6-8-16)13-9(17)12-5/h16H,6-8H2,1-5H3,(H2,12,13,17). The van der Waals surface area contributed by atoms with E-state index in [0.717, 1.165) is 0 Å². The minimum absolute atomic E-state index is 0.134.